The van der Waals surface area contributed by atoms with Crippen LogP contribution in [-0.2, 0) is 4.79 Å². The number of nitrogens with zero attached hydrogens (tertiary/aromatic N) is 1. The Balaban J connectivity index is 0.00000128. The first kappa shape index (κ1) is 13.8. The van der Waals surface area contributed by atoms with E-state index < -0.39 is 0 Å². The van der Waals surface area contributed by atoms with E-state index in [4.69, 9.17) is 5.73 Å². The molecule has 94 valence electrons. The Morgan fingerprint density at radius 2 is 1.69 bits per heavy atom. The lowest BCUT2D eigenvalue weighted by Crippen LogP contribution is -2.42. The van der Waals surface area contributed by atoms with E-state index in [9.17, 15) is 4.79 Å². The van der Waals surface area contributed by atoms with Gasteiger partial charge in [-0.05, 0) is 46.0 Å². The van der Waals surface area contributed by atoms with Gasteiger partial charge in [0.2, 0.25) is 5.91 Å². The molecule has 0 spiro atoms. The average Bonchev–Trinajstić information content (AvgIpc) is 2.73. The molecular weight excluding hydrogens is 224 g/mol. The molecule has 4 atom stereocenters. The largest absolute Gasteiger partial charge is 0.337 e. The third-order valence-electron chi connectivity index (χ3n) is 4.03. The Kier molecular flexibility index (Phi) is 4.62. The zero-order valence-corrected chi connectivity index (χ0v) is 11.0. The van der Waals surface area contributed by atoms with E-state index in [1.54, 1.807) is 0 Å². The number of halogens is 1. The van der Waals surface area contributed by atoms with Crippen LogP contribution in [0.5, 0.6) is 0 Å². The molecule has 0 aromatic carbocycles. The van der Waals surface area contributed by atoms with Crippen LogP contribution in [0, 0.1) is 5.92 Å². The van der Waals surface area contributed by atoms with Gasteiger partial charge in [-0.3, -0.25) is 4.79 Å². The summed E-state index contributed by atoms with van der Waals surface area (Å²) in [7, 11) is 0. The summed E-state index contributed by atoms with van der Waals surface area (Å²) < 4.78 is 0. The van der Waals surface area contributed by atoms with Gasteiger partial charge in [0.25, 0.3) is 0 Å². The number of rotatable bonds is 1. The number of hydrogen-bond acceptors (Lipinski definition) is 2. The standard InChI is InChI=1S/C12H22N2O.ClH/c1-8-3-4-9(2)14(8)12(15)10-5-6-11(13)7-10;/h8-11H,3-7,13H2,1-2H3;1H. The van der Waals surface area contributed by atoms with Crippen molar-refractivity contribution in [2.75, 3.05) is 0 Å². The smallest absolute Gasteiger partial charge is 0.226 e. The maximum atomic E-state index is 12.3. The lowest BCUT2D eigenvalue weighted by Gasteiger charge is -2.29. The van der Waals surface area contributed by atoms with Crippen LogP contribution in [0.2, 0.25) is 0 Å². The predicted octanol–water partition coefficient (Wildman–Crippen LogP) is 1.94. The first-order chi connectivity index (χ1) is 7.09. The molecule has 0 aromatic heterocycles. The molecule has 0 bridgehead atoms. The molecule has 3 nitrogen and oxygen atoms in total. The molecule has 1 aliphatic heterocycles. The van der Waals surface area contributed by atoms with Crippen molar-refractivity contribution in [2.45, 2.75) is 64.1 Å². The summed E-state index contributed by atoms with van der Waals surface area (Å²) in [6.45, 7) is 4.33. The van der Waals surface area contributed by atoms with Crippen molar-refractivity contribution < 1.29 is 4.79 Å². The van der Waals surface area contributed by atoms with E-state index in [1.807, 2.05) is 0 Å². The first-order valence-corrected chi connectivity index (χ1v) is 6.17. The molecule has 4 heteroatoms. The Morgan fingerprint density at radius 1 is 1.12 bits per heavy atom. The summed E-state index contributed by atoms with van der Waals surface area (Å²) in [5, 5.41) is 0. The van der Waals surface area contributed by atoms with E-state index in [1.165, 1.54) is 0 Å². The number of carbonyl (C=O) groups excluding carboxylic acids is 1. The third kappa shape index (κ3) is 2.51. The van der Waals surface area contributed by atoms with Crippen molar-refractivity contribution >= 4 is 18.3 Å². The van der Waals surface area contributed by atoms with Gasteiger partial charge in [-0.25, -0.2) is 0 Å². The lowest BCUT2D eigenvalue weighted by molar-refractivity contribution is -0.137. The highest BCUT2D eigenvalue weighted by molar-refractivity contribution is 5.85. The van der Waals surface area contributed by atoms with Gasteiger partial charge in [-0.15, -0.1) is 12.4 Å². The Morgan fingerprint density at radius 3 is 2.12 bits per heavy atom. The quantitative estimate of drug-likeness (QED) is 0.769. The molecule has 4 unspecified atom stereocenters. The zero-order valence-electron chi connectivity index (χ0n) is 10.2. The van der Waals surface area contributed by atoms with Gasteiger partial charge in [-0.2, -0.15) is 0 Å². The molecule has 1 aliphatic carbocycles. The average molecular weight is 247 g/mol. The van der Waals surface area contributed by atoms with Crippen molar-refractivity contribution in [1.82, 2.24) is 4.90 Å². The van der Waals surface area contributed by atoms with E-state index in [-0.39, 0.29) is 24.4 Å². The summed E-state index contributed by atoms with van der Waals surface area (Å²) in [6, 6.07) is 1.13. The van der Waals surface area contributed by atoms with Gasteiger partial charge >= 0.3 is 0 Å². The van der Waals surface area contributed by atoms with Crippen LogP contribution >= 0.6 is 12.4 Å². The van der Waals surface area contributed by atoms with Crippen LogP contribution in [0.3, 0.4) is 0 Å². The molecule has 1 saturated carbocycles. The van der Waals surface area contributed by atoms with E-state index in [0.717, 1.165) is 32.1 Å². The number of hydrogen-bond donors (Lipinski definition) is 1. The minimum absolute atomic E-state index is 0. The van der Waals surface area contributed by atoms with Crippen LogP contribution in [0.15, 0.2) is 0 Å². The second kappa shape index (κ2) is 5.37. The monoisotopic (exact) mass is 246 g/mol. The highest BCUT2D eigenvalue weighted by atomic mass is 35.5. The van der Waals surface area contributed by atoms with Gasteiger partial charge in [0, 0.05) is 24.0 Å². The molecule has 0 aromatic rings. The SMILES string of the molecule is CC1CCC(C)N1C(=O)C1CCC(N)C1.Cl. The number of amides is 1. The van der Waals surface area contributed by atoms with Gasteiger partial charge in [-0.1, -0.05) is 0 Å². The third-order valence-corrected chi connectivity index (χ3v) is 4.03. The van der Waals surface area contributed by atoms with Crippen molar-refractivity contribution in [3.8, 4) is 0 Å². The summed E-state index contributed by atoms with van der Waals surface area (Å²) >= 11 is 0. The topological polar surface area (TPSA) is 46.3 Å². The van der Waals surface area contributed by atoms with Crippen LogP contribution in [-0.4, -0.2) is 28.9 Å². The predicted molar refractivity (Wildman–Crippen MR) is 67.6 cm³/mol. The number of likely N-dealkylation sites (tertiary alicyclic amines) is 1. The minimum Gasteiger partial charge on any atom is -0.337 e. The van der Waals surface area contributed by atoms with E-state index in [0.29, 0.717) is 18.0 Å². The first-order valence-electron chi connectivity index (χ1n) is 6.17. The highest BCUT2D eigenvalue weighted by Gasteiger charge is 2.37. The molecular formula is C12H23ClN2O. The van der Waals surface area contributed by atoms with E-state index >= 15 is 0 Å². The van der Waals surface area contributed by atoms with Crippen molar-refractivity contribution in [3.63, 3.8) is 0 Å². The van der Waals surface area contributed by atoms with Crippen LogP contribution in [0.25, 0.3) is 0 Å². The van der Waals surface area contributed by atoms with Gasteiger partial charge in [0.1, 0.15) is 0 Å². The molecule has 2 fully saturated rings. The van der Waals surface area contributed by atoms with Crippen molar-refractivity contribution in [2.24, 2.45) is 11.7 Å². The molecule has 1 heterocycles. The van der Waals surface area contributed by atoms with Crippen LogP contribution in [0.1, 0.15) is 46.0 Å². The van der Waals surface area contributed by atoms with E-state index in [2.05, 4.69) is 18.7 Å². The maximum Gasteiger partial charge on any atom is 0.226 e. The summed E-state index contributed by atoms with van der Waals surface area (Å²) in [5.41, 5.74) is 5.86. The summed E-state index contributed by atoms with van der Waals surface area (Å²) in [6.07, 6.45) is 5.23. The lowest BCUT2D eigenvalue weighted by atomic mass is 10.1. The summed E-state index contributed by atoms with van der Waals surface area (Å²) in [4.78, 5) is 14.4. The molecule has 2 rings (SSSR count). The number of carbonyl (C=O) groups is 1. The van der Waals surface area contributed by atoms with Crippen LogP contribution < -0.4 is 5.73 Å². The Labute approximate surface area is 104 Å². The van der Waals surface area contributed by atoms with Gasteiger partial charge < -0.3 is 10.6 Å². The fraction of sp³-hybridized carbons (Fsp3) is 0.917. The molecule has 16 heavy (non-hydrogen) atoms. The van der Waals surface area contributed by atoms with Crippen molar-refractivity contribution in [3.05, 3.63) is 0 Å². The van der Waals surface area contributed by atoms with Gasteiger partial charge in [0.05, 0.1) is 0 Å². The normalized spacial score (nSPS) is 38.6. The second-order valence-electron chi connectivity index (χ2n) is 5.29. The van der Waals surface area contributed by atoms with Crippen LogP contribution in [0.4, 0.5) is 0 Å². The Hall–Kier alpha value is -0.280. The molecule has 2 aliphatic rings. The zero-order chi connectivity index (χ0) is 11.0. The second-order valence-corrected chi connectivity index (χ2v) is 5.29. The molecule has 0 radical (unpaired) electrons. The van der Waals surface area contributed by atoms with Crippen molar-refractivity contribution in [1.29, 1.82) is 0 Å². The molecule has 1 saturated heterocycles. The highest BCUT2D eigenvalue weighted by Crippen LogP contribution is 2.31. The molecule has 2 N–H and O–H groups in total. The maximum absolute atomic E-state index is 12.3. The fourth-order valence-corrected chi connectivity index (χ4v) is 3.08. The molecule has 1 amide bonds. The number of nitrogens with two attached hydrogens (primary N) is 1. The fourth-order valence-electron chi connectivity index (χ4n) is 3.08. The van der Waals surface area contributed by atoms with Gasteiger partial charge in [0.15, 0.2) is 0 Å². The Bertz CT molecular complexity index is 249. The summed E-state index contributed by atoms with van der Waals surface area (Å²) in [5.74, 6) is 0.573. The minimum atomic E-state index is 0.